The first-order chi connectivity index (χ1) is 17.1. The molecular weight excluding hydrogens is 438 g/mol. The summed E-state index contributed by atoms with van der Waals surface area (Å²) in [5, 5.41) is 18.7. The van der Waals surface area contributed by atoms with Gasteiger partial charge in [0.05, 0.1) is 5.60 Å². The zero-order valence-electron chi connectivity index (χ0n) is 22.1. The molecule has 1 saturated carbocycles. The molecule has 1 heterocycles. The zero-order valence-corrected chi connectivity index (χ0v) is 22.1. The third kappa shape index (κ3) is 8.47. The van der Waals surface area contributed by atoms with Crippen LogP contribution in [0, 0.1) is 11.8 Å². The Morgan fingerprint density at radius 3 is 2.63 bits per heavy atom. The van der Waals surface area contributed by atoms with Gasteiger partial charge in [-0.25, -0.2) is 4.79 Å². The highest BCUT2D eigenvalue weighted by molar-refractivity contribution is 5.74. The molecule has 1 unspecified atom stereocenters. The van der Waals surface area contributed by atoms with Crippen LogP contribution >= 0.6 is 0 Å². The van der Waals surface area contributed by atoms with Crippen LogP contribution in [0.25, 0.3) is 0 Å². The number of likely N-dealkylation sites (N-methyl/N-ethyl adjacent to an activating group) is 1. The second-order valence-electron chi connectivity index (χ2n) is 10.7. The second-order valence-corrected chi connectivity index (χ2v) is 10.7. The second kappa shape index (κ2) is 14.8. The number of aliphatic hydroxyl groups is 1. The van der Waals surface area contributed by atoms with Crippen LogP contribution in [0.5, 0.6) is 0 Å². The summed E-state index contributed by atoms with van der Waals surface area (Å²) in [6, 6.07) is 10.3. The van der Waals surface area contributed by atoms with Crippen molar-refractivity contribution in [3.05, 3.63) is 35.9 Å². The number of benzene rings is 1. The SMILES string of the molecule is CCOCCCC[C@@](O)(c1ccccc1)[C@@H]1CCCN(C(=O)NC(CNC)CC2CCCCC2)C1. The number of urea groups is 1. The maximum atomic E-state index is 13.4. The Labute approximate surface area is 213 Å². The van der Waals surface area contributed by atoms with Gasteiger partial charge >= 0.3 is 6.03 Å². The number of amides is 2. The fourth-order valence-electron chi connectivity index (χ4n) is 6.14. The van der Waals surface area contributed by atoms with Crippen molar-refractivity contribution < 1.29 is 14.6 Å². The maximum absolute atomic E-state index is 13.4. The number of ether oxygens (including phenoxy) is 1. The van der Waals surface area contributed by atoms with E-state index in [0.29, 0.717) is 13.0 Å². The van der Waals surface area contributed by atoms with Crippen molar-refractivity contribution in [1.29, 1.82) is 0 Å². The van der Waals surface area contributed by atoms with E-state index in [0.717, 1.165) is 69.9 Å². The number of hydrogen-bond acceptors (Lipinski definition) is 4. The van der Waals surface area contributed by atoms with Crippen molar-refractivity contribution in [1.82, 2.24) is 15.5 Å². The molecule has 3 N–H and O–H groups in total. The predicted octanol–water partition coefficient (Wildman–Crippen LogP) is 5.06. The van der Waals surface area contributed by atoms with E-state index < -0.39 is 5.60 Å². The topological polar surface area (TPSA) is 73.8 Å². The highest BCUT2D eigenvalue weighted by Crippen LogP contribution is 2.39. The third-order valence-corrected chi connectivity index (χ3v) is 8.08. The lowest BCUT2D eigenvalue weighted by Gasteiger charge is -2.43. The summed E-state index contributed by atoms with van der Waals surface area (Å²) in [5.74, 6) is 0.744. The molecule has 2 fully saturated rings. The Bertz CT molecular complexity index is 725. The third-order valence-electron chi connectivity index (χ3n) is 8.08. The predicted molar refractivity (Wildman–Crippen MR) is 142 cm³/mol. The minimum atomic E-state index is -0.932. The molecule has 3 atom stereocenters. The highest BCUT2D eigenvalue weighted by atomic mass is 16.5. The van der Waals surface area contributed by atoms with E-state index >= 15 is 0 Å². The van der Waals surface area contributed by atoms with Crippen LogP contribution in [-0.2, 0) is 10.3 Å². The summed E-state index contributed by atoms with van der Waals surface area (Å²) in [6.45, 7) is 5.62. The average molecular weight is 488 g/mol. The van der Waals surface area contributed by atoms with Gasteiger partial charge in [-0.05, 0) is 64.0 Å². The van der Waals surface area contributed by atoms with Crippen molar-refractivity contribution in [3.8, 4) is 0 Å². The highest BCUT2D eigenvalue weighted by Gasteiger charge is 2.41. The largest absolute Gasteiger partial charge is 0.385 e. The first-order valence-corrected chi connectivity index (χ1v) is 14.1. The summed E-state index contributed by atoms with van der Waals surface area (Å²) in [4.78, 5) is 15.3. The minimum absolute atomic E-state index is 0.0255. The number of nitrogens with one attached hydrogen (secondary N) is 2. The van der Waals surface area contributed by atoms with Crippen LogP contribution in [0.3, 0.4) is 0 Å². The molecule has 35 heavy (non-hydrogen) atoms. The van der Waals surface area contributed by atoms with Crippen molar-refractivity contribution in [2.24, 2.45) is 11.8 Å². The van der Waals surface area contributed by atoms with E-state index in [2.05, 4.69) is 10.6 Å². The van der Waals surface area contributed by atoms with Crippen LogP contribution in [0.1, 0.15) is 83.1 Å². The number of carbonyl (C=O) groups excluding carboxylic acids is 1. The molecule has 198 valence electrons. The standard InChI is InChI=1S/C29H49N3O3/c1-3-35-20-11-10-18-29(34,25-15-8-5-9-16-25)26-17-12-19-32(23-26)28(33)31-27(22-30-2)21-24-13-6-4-7-14-24/h5,8-9,15-16,24,26-27,30,34H,3-4,6-7,10-14,17-23H2,1-2H3,(H,31,33)/t26-,27?,29-/m1/s1. The van der Waals surface area contributed by atoms with E-state index in [4.69, 9.17) is 4.74 Å². The lowest BCUT2D eigenvalue weighted by Crippen LogP contribution is -2.54. The Balaban J connectivity index is 1.63. The van der Waals surface area contributed by atoms with Crippen LogP contribution in [-0.4, -0.2) is 62.0 Å². The smallest absolute Gasteiger partial charge is 0.317 e. The van der Waals surface area contributed by atoms with E-state index in [9.17, 15) is 9.90 Å². The number of carbonyl (C=O) groups is 1. The first kappa shape index (κ1) is 27.9. The zero-order chi connectivity index (χ0) is 24.9. The van der Waals surface area contributed by atoms with Gasteiger partial charge in [0.15, 0.2) is 0 Å². The molecule has 6 heteroatoms. The minimum Gasteiger partial charge on any atom is -0.385 e. The van der Waals surface area contributed by atoms with Gasteiger partial charge in [-0.15, -0.1) is 0 Å². The molecular formula is C29H49N3O3. The lowest BCUT2D eigenvalue weighted by molar-refractivity contribution is -0.0565. The Morgan fingerprint density at radius 2 is 1.91 bits per heavy atom. The van der Waals surface area contributed by atoms with E-state index in [1.165, 1.54) is 32.1 Å². The summed E-state index contributed by atoms with van der Waals surface area (Å²) in [7, 11) is 1.96. The Kier molecular flexibility index (Phi) is 11.8. The summed E-state index contributed by atoms with van der Waals surface area (Å²) in [5.41, 5.74) is 0.0350. The van der Waals surface area contributed by atoms with Gasteiger partial charge in [-0.3, -0.25) is 0 Å². The fraction of sp³-hybridized carbons (Fsp3) is 0.759. The molecule has 1 aliphatic carbocycles. The molecule has 0 aromatic heterocycles. The molecule has 1 aliphatic heterocycles. The number of nitrogens with zero attached hydrogens (tertiary/aromatic N) is 1. The molecule has 6 nitrogen and oxygen atoms in total. The molecule has 0 radical (unpaired) electrons. The Morgan fingerprint density at radius 1 is 1.14 bits per heavy atom. The van der Waals surface area contributed by atoms with Crippen LogP contribution in [0.15, 0.2) is 30.3 Å². The van der Waals surface area contributed by atoms with Crippen molar-refractivity contribution in [3.63, 3.8) is 0 Å². The molecule has 0 bridgehead atoms. The lowest BCUT2D eigenvalue weighted by atomic mass is 9.74. The van der Waals surface area contributed by atoms with Crippen molar-refractivity contribution in [2.75, 3.05) is 39.9 Å². The van der Waals surface area contributed by atoms with E-state index in [1.807, 2.05) is 49.2 Å². The number of unbranched alkanes of at least 4 members (excludes halogenated alkanes) is 1. The van der Waals surface area contributed by atoms with Gasteiger partial charge in [0.1, 0.15) is 0 Å². The molecule has 2 aliphatic rings. The Hall–Kier alpha value is -1.63. The first-order valence-electron chi connectivity index (χ1n) is 14.1. The number of piperidine rings is 1. The summed E-state index contributed by atoms with van der Waals surface area (Å²) in [6.07, 6.45) is 12.0. The van der Waals surface area contributed by atoms with Gasteiger partial charge in [0.2, 0.25) is 0 Å². The summed E-state index contributed by atoms with van der Waals surface area (Å²) < 4.78 is 5.51. The normalized spacial score (nSPS) is 21.9. The number of hydrogen-bond donors (Lipinski definition) is 3. The number of rotatable bonds is 13. The van der Waals surface area contributed by atoms with Crippen LogP contribution in [0.4, 0.5) is 4.79 Å². The van der Waals surface area contributed by atoms with Gasteiger partial charge < -0.3 is 25.4 Å². The number of likely N-dealkylation sites (tertiary alicyclic amines) is 1. The molecule has 1 aromatic rings. The van der Waals surface area contributed by atoms with Gasteiger partial charge in [0, 0.05) is 44.8 Å². The van der Waals surface area contributed by atoms with Gasteiger partial charge in [-0.2, -0.15) is 0 Å². The molecule has 0 spiro atoms. The molecule has 2 amide bonds. The fourth-order valence-corrected chi connectivity index (χ4v) is 6.14. The summed E-state index contributed by atoms with van der Waals surface area (Å²) >= 11 is 0. The van der Waals surface area contributed by atoms with Crippen LogP contribution < -0.4 is 10.6 Å². The molecule has 1 saturated heterocycles. The van der Waals surface area contributed by atoms with E-state index in [1.54, 1.807) is 0 Å². The van der Waals surface area contributed by atoms with Crippen molar-refractivity contribution >= 4 is 6.03 Å². The van der Waals surface area contributed by atoms with Crippen molar-refractivity contribution in [2.45, 2.75) is 89.2 Å². The van der Waals surface area contributed by atoms with Crippen LogP contribution in [0.2, 0.25) is 0 Å². The quantitative estimate of drug-likeness (QED) is 0.340. The monoisotopic (exact) mass is 487 g/mol. The average Bonchev–Trinajstić information content (AvgIpc) is 2.89. The molecule has 1 aromatic carbocycles. The van der Waals surface area contributed by atoms with E-state index in [-0.39, 0.29) is 18.0 Å². The maximum Gasteiger partial charge on any atom is 0.317 e. The van der Waals surface area contributed by atoms with Gasteiger partial charge in [-0.1, -0.05) is 62.4 Å². The van der Waals surface area contributed by atoms with Gasteiger partial charge in [0.25, 0.3) is 0 Å². The molecule has 3 rings (SSSR count).